The van der Waals surface area contributed by atoms with Crippen molar-refractivity contribution in [3.05, 3.63) is 35.0 Å². The van der Waals surface area contributed by atoms with Crippen LogP contribution in [-0.2, 0) is 20.0 Å². The van der Waals surface area contributed by atoms with Gasteiger partial charge in [0, 0.05) is 43.2 Å². The average molecular weight is 200 g/mol. The number of rotatable bonds is 0. The predicted molar refractivity (Wildman–Crippen MR) is 63.1 cm³/mol. The van der Waals surface area contributed by atoms with E-state index < -0.39 is 0 Å². The lowest BCUT2D eigenvalue weighted by Gasteiger charge is -2.14. The number of nitrogens with zero attached hydrogens (tertiary/aromatic N) is 1. The van der Waals surface area contributed by atoms with E-state index in [1.54, 1.807) is 0 Å². The minimum Gasteiger partial charge on any atom is -0.347 e. The third-order valence-electron chi connectivity index (χ3n) is 3.43. The van der Waals surface area contributed by atoms with Crippen molar-refractivity contribution in [2.24, 2.45) is 7.05 Å². The van der Waals surface area contributed by atoms with Gasteiger partial charge in [-0.25, -0.2) is 0 Å². The molecule has 0 fully saturated rings. The molecule has 0 amide bonds. The first kappa shape index (κ1) is 8.98. The summed E-state index contributed by atoms with van der Waals surface area (Å²) in [7, 11) is 2.18. The van der Waals surface area contributed by atoms with Gasteiger partial charge in [-0.2, -0.15) is 0 Å². The van der Waals surface area contributed by atoms with Crippen molar-refractivity contribution in [3.8, 4) is 0 Å². The zero-order chi connectivity index (χ0) is 10.4. The van der Waals surface area contributed by atoms with Gasteiger partial charge in [-0.1, -0.05) is 11.6 Å². The van der Waals surface area contributed by atoms with Crippen LogP contribution in [0.3, 0.4) is 0 Å². The molecule has 0 spiro atoms. The minimum absolute atomic E-state index is 1.02. The summed E-state index contributed by atoms with van der Waals surface area (Å²) in [5, 5.41) is 4.88. The summed E-state index contributed by atoms with van der Waals surface area (Å²) in [4.78, 5) is 0. The van der Waals surface area contributed by atoms with Crippen molar-refractivity contribution in [3.63, 3.8) is 0 Å². The first-order chi connectivity index (χ1) is 7.27. The second-order valence-corrected chi connectivity index (χ2v) is 4.43. The lowest BCUT2D eigenvalue weighted by molar-refractivity contribution is 0.622. The van der Waals surface area contributed by atoms with Crippen molar-refractivity contribution in [1.29, 1.82) is 0 Å². The third kappa shape index (κ3) is 1.21. The van der Waals surface area contributed by atoms with E-state index in [1.165, 1.54) is 27.7 Å². The molecule has 1 N–H and O–H groups in total. The molecule has 15 heavy (non-hydrogen) atoms. The van der Waals surface area contributed by atoms with Gasteiger partial charge in [0.25, 0.3) is 0 Å². The van der Waals surface area contributed by atoms with Gasteiger partial charge in [0.15, 0.2) is 0 Å². The molecule has 2 aromatic rings. The van der Waals surface area contributed by atoms with Crippen LogP contribution < -0.4 is 5.32 Å². The van der Waals surface area contributed by atoms with Gasteiger partial charge in [0.2, 0.25) is 0 Å². The lowest BCUT2D eigenvalue weighted by atomic mass is 10.0. The van der Waals surface area contributed by atoms with Gasteiger partial charge in [0.05, 0.1) is 0 Å². The maximum atomic E-state index is 3.45. The van der Waals surface area contributed by atoms with E-state index in [4.69, 9.17) is 0 Å². The Hall–Kier alpha value is -1.28. The van der Waals surface area contributed by atoms with E-state index in [2.05, 4.69) is 42.1 Å². The molecule has 1 aliphatic rings. The Morgan fingerprint density at radius 3 is 3.07 bits per heavy atom. The van der Waals surface area contributed by atoms with Gasteiger partial charge < -0.3 is 9.88 Å². The molecule has 3 rings (SSSR count). The number of benzene rings is 1. The molecule has 0 saturated heterocycles. The Morgan fingerprint density at radius 2 is 2.20 bits per heavy atom. The van der Waals surface area contributed by atoms with E-state index in [0.717, 1.165) is 19.5 Å². The van der Waals surface area contributed by atoms with Crippen LogP contribution >= 0.6 is 0 Å². The fraction of sp³-hybridized carbons (Fsp3) is 0.385. The number of hydrogen-bond donors (Lipinski definition) is 1. The predicted octanol–water partition coefficient (Wildman–Crippen LogP) is 2.13. The maximum Gasteiger partial charge on any atom is 0.0483 e. The van der Waals surface area contributed by atoms with Crippen molar-refractivity contribution in [1.82, 2.24) is 9.88 Å². The molecule has 0 atom stereocenters. The van der Waals surface area contributed by atoms with Crippen molar-refractivity contribution >= 4 is 10.9 Å². The molecule has 1 aromatic heterocycles. The zero-order valence-electron chi connectivity index (χ0n) is 9.30. The van der Waals surface area contributed by atoms with E-state index >= 15 is 0 Å². The highest BCUT2D eigenvalue weighted by Crippen LogP contribution is 2.28. The highest BCUT2D eigenvalue weighted by Gasteiger charge is 2.17. The number of aryl methyl sites for hydroxylation is 2. The van der Waals surface area contributed by atoms with E-state index in [9.17, 15) is 0 Å². The molecule has 0 saturated carbocycles. The molecule has 0 unspecified atom stereocenters. The molecule has 0 aliphatic carbocycles. The second kappa shape index (κ2) is 3.11. The van der Waals surface area contributed by atoms with E-state index in [0.29, 0.717) is 0 Å². The van der Waals surface area contributed by atoms with Crippen LogP contribution in [0.25, 0.3) is 10.9 Å². The molecular formula is C13H16N2. The summed E-state index contributed by atoms with van der Waals surface area (Å²) in [6, 6.07) is 6.74. The van der Waals surface area contributed by atoms with Gasteiger partial charge in [-0.15, -0.1) is 0 Å². The fourth-order valence-electron chi connectivity index (χ4n) is 2.62. The minimum atomic E-state index is 1.02. The van der Waals surface area contributed by atoms with Crippen LogP contribution in [-0.4, -0.2) is 11.1 Å². The number of nitrogens with one attached hydrogen (secondary N) is 1. The number of fused-ring (bicyclic) bond motifs is 3. The normalized spacial score (nSPS) is 15.6. The maximum absolute atomic E-state index is 3.45. The summed E-state index contributed by atoms with van der Waals surface area (Å²) in [5.74, 6) is 0. The van der Waals surface area contributed by atoms with Crippen molar-refractivity contribution in [2.45, 2.75) is 19.9 Å². The summed E-state index contributed by atoms with van der Waals surface area (Å²) < 4.78 is 2.35. The summed E-state index contributed by atoms with van der Waals surface area (Å²) in [6.07, 6.45) is 1.15. The molecular weight excluding hydrogens is 184 g/mol. The molecule has 0 bridgehead atoms. The largest absolute Gasteiger partial charge is 0.347 e. The monoisotopic (exact) mass is 200 g/mol. The van der Waals surface area contributed by atoms with Gasteiger partial charge in [-0.3, -0.25) is 0 Å². The smallest absolute Gasteiger partial charge is 0.0483 e. The molecule has 2 nitrogen and oxygen atoms in total. The van der Waals surface area contributed by atoms with Crippen LogP contribution in [0, 0.1) is 6.92 Å². The SMILES string of the molecule is Cc1ccc2c(c1)c1c(n2C)CCNC1. The van der Waals surface area contributed by atoms with Crippen LogP contribution in [0.1, 0.15) is 16.8 Å². The first-order valence-electron chi connectivity index (χ1n) is 5.55. The van der Waals surface area contributed by atoms with Crippen LogP contribution in [0.15, 0.2) is 18.2 Å². The van der Waals surface area contributed by atoms with Crippen molar-refractivity contribution < 1.29 is 0 Å². The molecule has 0 radical (unpaired) electrons. The van der Waals surface area contributed by atoms with Crippen LogP contribution in [0.2, 0.25) is 0 Å². The first-order valence-corrected chi connectivity index (χ1v) is 5.55. The summed E-state index contributed by atoms with van der Waals surface area (Å²) in [6.45, 7) is 4.29. The molecule has 1 aliphatic heterocycles. The highest BCUT2D eigenvalue weighted by atomic mass is 15.0. The van der Waals surface area contributed by atoms with E-state index in [1.807, 2.05) is 0 Å². The molecule has 78 valence electrons. The number of aromatic nitrogens is 1. The Bertz CT molecular complexity index is 523. The van der Waals surface area contributed by atoms with Crippen LogP contribution in [0.5, 0.6) is 0 Å². The fourth-order valence-corrected chi connectivity index (χ4v) is 2.62. The van der Waals surface area contributed by atoms with Gasteiger partial charge in [0.1, 0.15) is 0 Å². The van der Waals surface area contributed by atoms with E-state index in [-0.39, 0.29) is 0 Å². The molecule has 2 heterocycles. The van der Waals surface area contributed by atoms with Gasteiger partial charge in [-0.05, 0) is 24.6 Å². The Balaban J connectivity index is 2.39. The van der Waals surface area contributed by atoms with Crippen molar-refractivity contribution in [2.75, 3.05) is 6.54 Å². The molecule has 1 aromatic carbocycles. The Kier molecular flexibility index (Phi) is 1.86. The second-order valence-electron chi connectivity index (χ2n) is 4.43. The Labute approximate surface area is 89.9 Å². The highest BCUT2D eigenvalue weighted by molar-refractivity contribution is 5.86. The zero-order valence-corrected chi connectivity index (χ0v) is 9.30. The number of hydrogen-bond acceptors (Lipinski definition) is 1. The summed E-state index contributed by atoms with van der Waals surface area (Å²) in [5.41, 5.74) is 5.73. The standard InChI is InChI=1S/C13H16N2/c1-9-3-4-12-10(7-9)11-8-14-6-5-13(11)15(12)2/h3-4,7,14H,5-6,8H2,1-2H3. The van der Waals surface area contributed by atoms with Crippen LogP contribution in [0.4, 0.5) is 0 Å². The molecule has 2 heteroatoms. The Morgan fingerprint density at radius 1 is 1.33 bits per heavy atom. The quantitative estimate of drug-likeness (QED) is 0.689. The average Bonchev–Trinajstić information content (AvgIpc) is 2.54. The lowest BCUT2D eigenvalue weighted by Crippen LogP contribution is -2.24. The summed E-state index contributed by atoms with van der Waals surface area (Å²) >= 11 is 0. The topological polar surface area (TPSA) is 17.0 Å². The van der Waals surface area contributed by atoms with Gasteiger partial charge >= 0.3 is 0 Å². The third-order valence-corrected chi connectivity index (χ3v) is 3.43.